The fraction of sp³-hybridized carbons (Fsp3) is 0.471. The number of thioether (sulfide) groups is 1. The summed E-state index contributed by atoms with van der Waals surface area (Å²) in [6.45, 7) is 1.49. The van der Waals surface area contributed by atoms with Crippen molar-refractivity contribution in [2.24, 2.45) is 5.73 Å². The monoisotopic (exact) mass is 369 g/mol. The summed E-state index contributed by atoms with van der Waals surface area (Å²) >= 11 is 0.865. The molecule has 0 aliphatic rings. The predicted octanol–water partition coefficient (Wildman–Crippen LogP) is 1.97. The van der Waals surface area contributed by atoms with Crippen LogP contribution in [0.1, 0.15) is 31.7 Å². The quantitative estimate of drug-likeness (QED) is 0.601. The van der Waals surface area contributed by atoms with Gasteiger partial charge in [0.05, 0.1) is 7.11 Å². The molecule has 8 heteroatoms. The van der Waals surface area contributed by atoms with E-state index in [1.165, 1.54) is 6.92 Å². The summed E-state index contributed by atoms with van der Waals surface area (Å²) in [5, 5.41) is 9.03. The Kier molecular flexibility index (Phi) is 8.44. The van der Waals surface area contributed by atoms with E-state index in [1.54, 1.807) is 31.4 Å². The summed E-state index contributed by atoms with van der Waals surface area (Å²) in [7, 11) is 1.57. The first-order chi connectivity index (χ1) is 11.8. The molecule has 1 unspecified atom stereocenters. The number of aliphatic carboxylic acids is 1. The van der Waals surface area contributed by atoms with Crippen molar-refractivity contribution in [3.05, 3.63) is 29.8 Å². The predicted molar refractivity (Wildman–Crippen MR) is 94.3 cm³/mol. The van der Waals surface area contributed by atoms with Crippen LogP contribution in [0.5, 0.6) is 5.75 Å². The van der Waals surface area contributed by atoms with Crippen molar-refractivity contribution in [3.8, 4) is 5.75 Å². The number of methoxy groups -OCH3 is 1. The first kappa shape index (κ1) is 21.0. The molecule has 0 heterocycles. The highest BCUT2D eigenvalue weighted by Gasteiger charge is 2.34. The van der Waals surface area contributed by atoms with Gasteiger partial charge in [-0.05, 0) is 30.5 Å². The molecule has 1 aromatic rings. The third-order valence-electron chi connectivity index (χ3n) is 3.52. The number of hydrogen-bond acceptors (Lipinski definition) is 7. The van der Waals surface area contributed by atoms with E-state index >= 15 is 0 Å². The van der Waals surface area contributed by atoms with Gasteiger partial charge in [0.15, 0.2) is 5.12 Å². The molecule has 138 valence electrons. The van der Waals surface area contributed by atoms with Gasteiger partial charge in [-0.1, -0.05) is 23.9 Å². The van der Waals surface area contributed by atoms with E-state index in [9.17, 15) is 19.5 Å². The van der Waals surface area contributed by atoms with Crippen LogP contribution in [0.4, 0.5) is 0 Å². The summed E-state index contributed by atoms with van der Waals surface area (Å²) in [4.78, 5) is 34.1. The number of hydrogen-bond donors (Lipinski definition) is 2. The molecule has 0 bridgehead atoms. The lowest BCUT2D eigenvalue weighted by molar-refractivity contribution is -0.146. The number of carbonyl (C=O) groups is 3. The van der Waals surface area contributed by atoms with E-state index < -0.39 is 17.5 Å². The minimum Gasteiger partial charge on any atom is -0.497 e. The summed E-state index contributed by atoms with van der Waals surface area (Å²) in [5.74, 6) is -0.930. The number of rotatable bonds is 10. The topological polar surface area (TPSA) is 116 Å². The average molecular weight is 369 g/mol. The van der Waals surface area contributed by atoms with E-state index in [4.69, 9.17) is 15.2 Å². The van der Waals surface area contributed by atoms with Gasteiger partial charge in [0, 0.05) is 19.1 Å². The zero-order valence-electron chi connectivity index (χ0n) is 14.3. The van der Waals surface area contributed by atoms with Crippen molar-refractivity contribution in [3.63, 3.8) is 0 Å². The van der Waals surface area contributed by atoms with Gasteiger partial charge in [0.2, 0.25) is 0 Å². The second kappa shape index (κ2) is 10.0. The highest BCUT2D eigenvalue weighted by molar-refractivity contribution is 8.13. The molecule has 0 aliphatic heterocycles. The van der Waals surface area contributed by atoms with Gasteiger partial charge in [-0.3, -0.25) is 14.4 Å². The van der Waals surface area contributed by atoms with Crippen LogP contribution in [-0.2, 0) is 25.7 Å². The molecule has 25 heavy (non-hydrogen) atoms. The molecule has 0 amide bonds. The highest BCUT2D eigenvalue weighted by Crippen LogP contribution is 2.19. The first-order valence-corrected chi connectivity index (χ1v) is 8.69. The molecule has 0 saturated heterocycles. The van der Waals surface area contributed by atoms with Crippen molar-refractivity contribution in [1.82, 2.24) is 0 Å². The fourth-order valence-corrected chi connectivity index (χ4v) is 2.71. The van der Waals surface area contributed by atoms with Gasteiger partial charge in [-0.15, -0.1) is 0 Å². The van der Waals surface area contributed by atoms with E-state index in [0.29, 0.717) is 5.75 Å². The van der Waals surface area contributed by atoms with Crippen molar-refractivity contribution in [1.29, 1.82) is 0 Å². The Bertz CT molecular complexity index is 604. The lowest BCUT2D eigenvalue weighted by atomic mass is 9.96. The van der Waals surface area contributed by atoms with Gasteiger partial charge in [0.25, 0.3) is 0 Å². The molecule has 0 aromatic heterocycles. The zero-order valence-corrected chi connectivity index (χ0v) is 15.1. The van der Waals surface area contributed by atoms with Crippen LogP contribution in [0.2, 0.25) is 0 Å². The van der Waals surface area contributed by atoms with Crippen LogP contribution >= 0.6 is 11.8 Å². The maximum atomic E-state index is 11.8. The van der Waals surface area contributed by atoms with Crippen LogP contribution in [0.25, 0.3) is 0 Å². The SMILES string of the molecule is COc1ccc(COC(=O)CCCC(N)(CSC(C)=O)C(=O)O)cc1. The molecular formula is C17H23NO6S. The lowest BCUT2D eigenvalue weighted by Gasteiger charge is -2.23. The molecule has 1 atom stereocenters. The number of nitrogens with two attached hydrogens (primary N) is 1. The molecule has 1 rings (SSSR count). The van der Waals surface area contributed by atoms with Gasteiger partial charge < -0.3 is 20.3 Å². The Hall–Kier alpha value is -2.06. The lowest BCUT2D eigenvalue weighted by Crippen LogP contribution is -2.50. The summed E-state index contributed by atoms with van der Waals surface area (Å²) < 4.78 is 10.2. The standard InChI is InChI=1S/C17H23NO6S/c1-12(19)25-11-17(18,16(21)22)9-3-4-15(20)24-10-13-5-7-14(23-2)8-6-13/h5-8H,3-4,9-11,18H2,1-2H3,(H,21,22). The summed E-state index contributed by atoms with van der Waals surface area (Å²) in [6, 6.07) is 7.12. The Balaban J connectivity index is 2.38. The van der Waals surface area contributed by atoms with Crippen LogP contribution in [0.15, 0.2) is 24.3 Å². The molecule has 0 saturated carbocycles. The molecule has 0 aliphatic carbocycles. The second-order valence-electron chi connectivity index (χ2n) is 5.60. The van der Waals surface area contributed by atoms with Crippen LogP contribution in [0.3, 0.4) is 0 Å². The van der Waals surface area contributed by atoms with Crippen LogP contribution in [-0.4, -0.2) is 40.6 Å². The maximum Gasteiger partial charge on any atom is 0.324 e. The normalized spacial score (nSPS) is 12.9. The van der Waals surface area contributed by atoms with Crippen molar-refractivity contribution in [2.75, 3.05) is 12.9 Å². The maximum absolute atomic E-state index is 11.8. The third kappa shape index (κ3) is 7.57. The van der Waals surface area contributed by atoms with Gasteiger partial charge in [-0.25, -0.2) is 0 Å². The molecule has 0 fully saturated rings. The molecule has 7 nitrogen and oxygen atoms in total. The summed E-state index contributed by atoms with van der Waals surface area (Å²) in [6.07, 6.45) is 0.413. The largest absolute Gasteiger partial charge is 0.497 e. The van der Waals surface area contributed by atoms with E-state index in [0.717, 1.165) is 17.3 Å². The molecular weight excluding hydrogens is 346 g/mol. The first-order valence-electron chi connectivity index (χ1n) is 7.71. The molecule has 0 radical (unpaired) electrons. The van der Waals surface area contributed by atoms with Crippen LogP contribution in [0, 0.1) is 0 Å². The van der Waals surface area contributed by atoms with Gasteiger partial charge >= 0.3 is 11.9 Å². The number of benzene rings is 1. The minimum atomic E-state index is -1.54. The summed E-state index contributed by atoms with van der Waals surface area (Å²) in [5.41, 5.74) is 5.12. The van der Waals surface area contributed by atoms with Gasteiger partial charge in [0.1, 0.15) is 17.9 Å². The number of esters is 1. The third-order valence-corrected chi connectivity index (χ3v) is 4.59. The van der Waals surface area contributed by atoms with Crippen molar-refractivity contribution < 1.29 is 29.0 Å². The minimum absolute atomic E-state index is 0.0292. The van der Waals surface area contributed by atoms with Gasteiger partial charge in [-0.2, -0.15) is 0 Å². The van der Waals surface area contributed by atoms with E-state index in [2.05, 4.69) is 0 Å². The Morgan fingerprint density at radius 2 is 1.88 bits per heavy atom. The second-order valence-corrected chi connectivity index (χ2v) is 6.76. The molecule has 3 N–H and O–H groups in total. The number of carboxylic acids is 1. The highest BCUT2D eigenvalue weighted by atomic mass is 32.2. The number of ether oxygens (including phenoxy) is 2. The zero-order chi connectivity index (χ0) is 18.9. The number of carboxylic acid groups (broad SMARTS) is 1. The Labute approximate surface area is 150 Å². The van der Waals surface area contributed by atoms with Crippen molar-refractivity contribution >= 4 is 28.8 Å². The average Bonchev–Trinajstić information content (AvgIpc) is 2.58. The van der Waals surface area contributed by atoms with Crippen molar-refractivity contribution in [2.45, 2.75) is 38.3 Å². The smallest absolute Gasteiger partial charge is 0.324 e. The molecule has 1 aromatic carbocycles. The molecule has 0 spiro atoms. The van der Waals surface area contributed by atoms with E-state index in [-0.39, 0.29) is 36.7 Å². The fourth-order valence-electron chi connectivity index (χ4n) is 1.98. The number of carbonyl (C=O) groups excluding carboxylic acids is 2. The Morgan fingerprint density at radius 3 is 2.40 bits per heavy atom. The van der Waals surface area contributed by atoms with Crippen LogP contribution < -0.4 is 10.5 Å². The van der Waals surface area contributed by atoms with E-state index in [1.807, 2.05) is 0 Å². The Morgan fingerprint density at radius 1 is 1.24 bits per heavy atom.